The lowest BCUT2D eigenvalue weighted by Crippen LogP contribution is -1.58. The van der Waals surface area contributed by atoms with Gasteiger partial charge in [0.15, 0.2) is 0 Å². The number of hydrogen-bond donors (Lipinski definition) is 0. The van der Waals surface area contributed by atoms with Crippen LogP contribution in [0, 0.1) is 13.8 Å². The monoisotopic (exact) mass is 388 g/mol. The number of rotatable bonds is 2. The van der Waals surface area contributed by atoms with Gasteiger partial charge in [-0.3, -0.25) is 0 Å². The van der Waals surface area contributed by atoms with E-state index >= 15 is 0 Å². The third-order valence-corrected chi connectivity index (χ3v) is 9.65. The minimum atomic E-state index is 1.39. The van der Waals surface area contributed by atoms with Crippen molar-refractivity contribution in [2.75, 3.05) is 0 Å². The molecule has 0 saturated heterocycles. The Hall–Kier alpha value is -0.980. The molecule has 0 bridgehead atoms. The molecule has 0 N–H and O–H groups in total. The summed E-state index contributed by atoms with van der Waals surface area (Å²) < 4.78 is 5.68. The molecule has 5 aromatic rings. The summed E-state index contributed by atoms with van der Waals surface area (Å²) in [5.41, 5.74) is 0. The normalized spacial score (nSPS) is 11.9. The van der Waals surface area contributed by atoms with Crippen molar-refractivity contribution in [3.63, 3.8) is 0 Å². The van der Waals surface area contributed by atoms with Gasteiger partial charge in [0.2, 0.25) is 0 Å². The van der Waals surface area contributed by atoms with Crippen LogP contribution in [0.1, 0.15) is 9.75 Å². The van der Waals surface area contributed by atoms with Crippen molar-refractivity contribution >= 4 is 75.5 Å². The molecule has 0 unspecified atom stereocenters. The van der Waals surface area contributed by atoms with E-state index in [0.29, 0.717) is 0 Å². The molecule has 0 spiro atoms. The third kappa shape index (κ3) is 2.42. The molecule has 0 radical (unpaired) electrons. The van der Waals surface area contributed by atoms with Crippen molar-refractivity contribution in [1.29, 1.82) is 0 Å². The molecule has 0 nitrogen and oxygen atoms in total. The van der Waals surface area contributed by atoms with Gasteiger partial charge in [-0.25, -0.2) is 0 Å². The minimum absolute atomic E-state index is 1.39. The van der Waals surface area contributed by atoms with Gasteiger partial charge in [0.25, 0.3) is 0 Å². The highest BCUT2D eigenvalue weighted by Gasteiger charge is 2.12. The molecule has 0 aliphatic rings. The zero-order chi connectivity index (χ0) is 15.6. The van der Waals surface area contributed by atoms with Gasteiger partial charge in [0.05, 0.1) is 0 Å². The fourth-order valence-electron chi connectivity index (χ4n) is 2.76. The maximum Gasteiger partial charge on any atom is 0.0463 e. The molecule has 0 fully saturated rings. The fourth-order valence-corrected chi connectivity index (χ4v) is 8.56. The number of hydrogen-bond acceptors (Lipinski definition) is 5. The molecule has 0 aliphatic heterocycles. The molecule has 0 atom stereocenters. The maximum atomic E-state index is 2.35. The van der Waals surface area contributed by atoms with Crippen molar-refractivity contribution in [3.8, 4) is 19.5 Å². The van der Waals surface area contributed by atoms with Gasteiger partial charge < -0.3 is 0 Å². The Morgan fingerprint density at radius 3 is 1.35 bits per heavy atom. The topological polar surface area (TPSA) is 0 Å². The highest BCUT2D eigenvalue weighted by atomic mass is 32.1. The van der Waals surface area contributed by atoms with Gasteiger partial charge in [-0.15, -0.1) is 56.7 Å². The first-order chi connectivity index (χ1) is 11.2. The van der Waals surface area contributed by atoms with Crippen LogP contribution in [0.4, 0.5) is 0 Å². The number of aryl methyl sites for hydroxylation is 2. The highest BCUT2D eigenvalue weighted by Crippen LogP contribution is 2.45. The first-order valence-electron chi connectivity index (χ1n) is 7.26. The van der Waals surface area contributed by atoms with Crippen LogP contribution in [0.15, 0.2) is 36.4 Å². The zero-order valence-corrected chi connectivity index (χ0v) is 16.6. The Balaban J connectivity index is 1.55. The van der Waals surface area contributed by atoms with Gasteiger partial charge >= 0.3 is 0 Å². The van der Waals surface area contributed by atoms with E-state index in [1.165, 1.54) is 48.1 Å². The molecule has 0 saturated carbocycles. The summed E-state index contributed by atoms with van der Waals surface area (Å²) in [6.07, 6.45) is 0. The molecule has 5 rings (SSSR count). The van der Waals surface area contributed by atoms with Gasteiger partial charge in [0.1, 0.15) is 0 Å². The van der Waals surface area contributed by atoms with E-state index in [-0.39, 0.29) is 0 Å². The van der Waals surface area contributed by atoms with Crippen molar-refractivity contribution < 1.29 is 0 Å². The second kappa shape index (κ2) is 5.26. The predicted molar refractivity (Wildman–Crippen MR) is 111 cm³/mol. The van der Waals surface area contributed by atoms with Crippen LogP contribution in [0.2, 0.25) is 0 Å². The largest absolute Gasteiger partial charge is 0.140 e. The highest BCUT2D eigenvalue weighted by molar-refractivity contribution is 7.33. The standard InChI is InChI=1S/C18H12S5/c1-9-5-13-17(19-9)7-15(22-13)11-3-4-12(21-11)16-8-18-14(23-16)6-10(2)20-18/h3-8H,1-2H3. The summed E-state index contributed by atoms with van der Waals surface area (Å²) in [4.78, 5) is 8.38. The number of thiophene rings is 5. The summed E-state index contributed by atoms with van der Waals surface area (Å²) in [5, 5.41) is 0. The molecular formula is C18H12S5. The van der Waals surface area contributed by atoms with Gasteiger partial charge in [-0.05, 0) is 50.2 Å². The van der Waals surface area contributed by atoms with Crippen LogP contribution >= 0.6 is 56.7 Å². The Morgan fingerprint density at radius 2 is 0.913 bits per heavy atom. The Labute approximate surface area is 154 Å². The van der Waals surface area contributed by atoms with Crippen LogP contribution in [0.25, 0.3) is 38.3 Å². The molecule has 0 aromatic carbocycles. The van der Waals surface area contributed by atoms with Crippen LogP contribution in [0.5, 0.6) is 0 Å². The van der Waals surface area contributed by atoms with Crippen molar-refractivity contribution in [2.24, 2.45) is 0 Å². The molecule has 5 aromatic heterocycles. The molecule has 0 amide bonds. The zero-order valence-electron chi connectivity index (χ0n) is 12.5. The summed E-state index contributed by atoms with van der Waals surface area (Å²) in [6.45, 7) is 4.37. The fraction of sp³-hybridized carbons (Fsp3) is 0.111. The average Bonchev–Trinajstić information content (AvgIpc) is 3.20. The second-order valence-electron chi connectivity index (χ2n) is 5.56. The summed E-state index contributed by atoms with van der Waals surface area (Å²) in [6, 6.07) is 13.9. The molecule has 23 heavy (non-hydrogen) atoms. The second-order valence-corrected chi connectivity index (χ2v) is 11.4. The molecule has 0 aliphatic carbocycles. The Morgan fingerprint density at radius 1 is 0.478 bits per heavy atom. The molecule has 5 heterocycles. The first-order valence-corrected chi connectivity index (χ1v) is 11.3. The van der Waals surface area contributed by atoms with Gasteiger partial charge in [-0.2, -0.15) is 0 Å². The van der Waals surface area contributed by atoms with Crippen molar-refractivity contribution in [3.05, 3.63) is 46.2 Å². The summed E-state index contributed by atoms with van der Waals surface area (Å²) in [5.74, 6) is 0. The molecule has 5 heteroatoms. The first kappa shape index (κ1) is 14.4. The van der Waals surface area contributed by atoms with Crippen molar-refractivity contribution in [1.82, 2.24) is 0 Å². The lowest BCUT2D eigenvalue weighted by atomic mass is 10.3. The summed E-state index contributed by atoms with van der Waals surface area (Å²) >= 11 is 9.53. The van der Waals surface area contributed by atoms with Crippen molar-refractivity contribution in [2.45, 2.75) is 13.8 Å². The van der Waals surface area contributed by atoms with Crippen LogP contribution < -0.4 is 0 Å². The smallest absolute Gasteiger partial charge is 0.0463 e. The van der Waals surface area contributed by atoms with Crippen LogP contribution in [0.3, 0.4) is 0 Å². The molecular weight excluding hydrogens is 377 g/mol. The lowest BCUT2D eigenvalue weighted by molar-refractivity contribution is 1.66. The van der Waals surface area contributed by atoms with E-state index in [1.807, 2.05) is 56.7 Å². The van der Waals surface area contributed by atoms with E-state index in [2.05, 4.69) is 50.2 Å². The maximum absolute atomic E-state index is 2.35. The third-order valence-electron chi connectivity index (χ3n) is 3.75. The molecule has 114 valence electrons. The van der Waals surface area contributed by atoms with Gasteiger partial charge in [0, 0.05) is 48.1 Å². The van der Waals surface area contributed by atoms with E-state index in [9.17, 15) is 0 Å². The minimum Gasteiger partial charge on any atom is -0.140 e. The Bertz CT molecular complexity index is 989. The quantitative estimate of drug-likeness (QED) is 0.285. The van der Waals surface area contributed by atoms with Gasteiger partial charge in [-0.1, -0.05) is 0 Å². The summed E-state index contributed by atoms with van der Waals surface area (Å²) in [7, 11) is 0. The SMILES string of the molecule is Cc1cc2sc(-c3ccc(-c4cc5sc(C)cc5s4)s3)cc2s1. The average molecular weight is 389 g/mol. The van der Waals surface area contributed by atoms with Crippen LogP contribution in [-0.4, -0.2) is 0 Å². The van der Waals surface area contributed by atoms with E-state index in [4.69, 9.17) is 0 Å². The Kier molecular flexibility index (Phi) is 3.29. The number of fused-ring (bicyclic) bond motifs is 2. The lowest BCUT2D eigenvalue weighted by Gasteiger charge is -1.90. The van der Waals surface area contributed by atoms with E-state index in [0.717, 1.165) is 0 Å². The van der Waals surface area contributed by atoms with E-state index < -0.39 is 0 Å². The predicted octanol–water partition coefficient (Wildman–Crippen LogP) is 8.25. The van der Waals surface area contributed by atoms with Crippen LogP contribution in [-0.2, 0) is 0 Å². The van der Waals surface area contributed by atoms with E-state index in [1.54, 1.807) is 0 Å².